The molecule has 104 valence electrons. The van der Waals surface area contributed by atoms with E-state index < -0.39 is 11.9 Å². The van der Waals surface area contributed by atoms with Crippen molar-refractivity contribution >= 4 is 11.6 Å². The lowest BCUT2D eigenvalue weighted by Gasteiger charge is -2.19. The smallest absolute Gasteiger partial charge is 0.260 e. The third-order valence-electron chi connectivity index (χ3n) is 3.01. The summed E-state index contributed by atoms with van der Waals surface area (Å²) >= 11 is 0. The minimum Gasteiger partial charge on any atom is -0.322 e. The van der Waals surface area contributed by atoms with Crippen molar-refractivity contribution < 1.29 is 9.18 Å². The van der Waals surface area contributed by atoms with Gasteiger partial charge in [-0.25, -0.2) is 4.98 Å². The summed E-state index contributed by atoms with van der Waals surface area (Å²) in [6.07, 6.45) is 1.31. The maximum Gasteiger partial charge on any atom is 0.260 e. The van der Waals surface area contributed by atoms with E-state index in [-0.39, 0.29) is 11.0 Å². The van der Waals surface area contributed by atoms with Crippen molar-refractivity contribution in [1.82, 2.24) is 4.98 Å². The van der Waals surface area contributed by atoms with Gasteiger partial charge in [0.1, 0.15) is 0 Å². The van der Waals surface area contributed by atoms with Crippen LogP contribution >= 0.6 is 0 Å². The quantitative estimate of drug-likeness (QED) is 0.845. The Hall–Kier alpha value is -2.23. The first kappa shape index (κ1) is 14.2. The zero-order chi connectivity index (χ0) is 14.8. The predicted molar refractivity (Wildman–Crippen MR) is 77.3 cm³/mol. The normalized spacial score (nSPS) is 11.2. The summed E-state index contributed by atoms with van der Waals surface area (Å²) in [5, 5.41) is 2.66. The molecule has 1 N–H and O–H groups in total. The lowest BCUT2D eigenvalue weighted by atomic mass is 9.87. The second-order valence-corrected chi connectivity index (χ2v) is 5.62. The Kier molecular flexibility index (Phi) is 3.84. The molecule has 1 aromatic heterocycles. The largest absolute Gasteiger partial charge is 0.322 e. The zero-order valence-corrected chi connectivity index (χ0v) is 11.8. The SMILES string of the molecule is CC(C)(C)c1ccc(NC(=O)c2cccnc2F)cc1. The van der Waals surface area contributed by atoms with Gasteiger partial charge >= 0.3 is 0 Å². The van der Waals surface area contributed by atoms with Crippen LogP contribution in [-0.2, 0) is 5.41 Å². The number of aromatic nitrogens is 1. The molecule has 4 heteroatoms. The highest BCUT2D eigenvalue weighted by molar-refractivity contribution is 6.04. The maximum atomic E-state index is 13.4. The van der Waals surface area contributed by atoms with Gasteiger partial charge in [0.2, 0.25) is 5.95 Å². The molecule has 0 saturated carbocycles. The van der Waals surface area contributed by atoms with Crippen molar-refractivity contribution in [2.75, 3.05) is 5.32 Å². The van der Waals surface area contributed by atoms with Crippen LogP contribution in [0.25, 0.3) is 0 Å². The number of rotatable bonds is 2. The number of carbonyl (C=O) groups excluding carboxylic acids is 1. The molecule has 0 aliphatic heterocycles. The highest BCUT2D eigenvalue weighted by atomic mass is 19.1. The molecular weight excluding hydrogens is 255 g/mol. The number of amides is 1. The molecule has 1 aromatic carbocycles. The molecule has 2 rings (SSSR count). The van der Waals surface area contributed by atoms with E-state index in [2.05, 4.69) is 31.1 Å². The van der Waals surface area contributed by atoms with E-state index in [0.717, 1.165) is 0 Å². The van der Waals surface area contributed by atoms with Crippen molar-refractivity contribution in [3.63, 3.8) is 0 Å². The first-order valence-corrected chi connectivity index (χ1v) is 6.40. The minimum absolute atomic E-state index is 0.0536. The highest BCUT2D eigenvalue weighted by Crippen LogP contribution is 2.23. The number of nitrogens with zero attached hydrogens (tertiary/aromatic N) is 1. The topological polar surface area (TPSA) is 42.0 Å². The van der Waals surface area contributed by atoms with Crippen molar-refractivity contribution in [2.45, 2.75) is 26.2 Å². The van der Waals surface area contributed by atoms with Gasteiger partial charge in [0.05, 0.1) is 5.56 Å². The number of halogens is 1. The fourth-order valence-corrected chi connectivity index (χ4v) is 1.81. The molecule has 0 unspecified atom stereocenters. The number of benzene rings is 1. The van der Waals surface area contributed by atoms with Crippen LogP contribution in [-0.4, -0.2) is 10.9 Å². The fraction of sp³-hybridized carbons (Fsp3) is 0.250. The van der Waals surface area contributed by atoms with Crippen LogP contribution in [0.15, 0.2) is 42.6 Å². The van der Waals surface area contributed by atoms with Crippen molar-refractivity contribution in [3.05, 3.63) is 59.7 Å². The summed E-state index contributed by atoms with van der Waals surface area (Å²) in [6, 6.07) is 10.5. The van der Waals surface area contributed by atoms with Crippen LogP contribution < -0.4 is 5.32 Å². The molecule has 0 aliphatic carbocycles. The van der Waals surface area contributed by atoms with E-state index in [9.17, 15) is 9.18 Å². The van der Waals surface area contributed by atoms with Gasteiger partial charge in [-0.3, -0.25) is 4.79 Å². The number of nitrogens with one attached hydrogen (secondary N) is 1. The minimum atomic E-state index is -0.767. The molecule has 1 amide bonds. The second-order valence-electron chi connectivity index (χ2n) is 5.62. The van der Waals surface area contributed by atoms with Gasteiger partial charge in [0, 0.05) is 11.9 Å². The molecule has 2 aromatic rings. The average Bonchev–Trinajstić information content (AvgIpc) is 2.38. The molecule has 20 heavy (non-hydrogen) atoms. The van der Waals surface area contributed by atoms with Crippen LogP contribution in [0.4, 0.5) is 10.1 Å². The van der Waals surface area contributed by atoms with Crippen LogP contribution in [0.5, 0.6) is 0 Å². The summed E-state index contributed by atoms with van der Waals surface area (Å²) in [5.74, 6) is -1.27. The van der Waals surface area contributed by atoms with Gasteiger partial charge in [-0.2, -0.15) is 4.39 Å². The third kappa shape index (κ3) is 3.20. The van der Waals surface area contributed by atoms with Crippen LogP contribution in [0.3, 0.4) is 0 Å². The van der Waals surface area contributed by atoms with Crippen LogP contribution in [0.1, 0.15) is 36.7 Å². The Morgan fingerprint density at radius 2 is 1.80 bits per heavy atom. The molecule has 0 atom stereocenters. The average molecular weight is 272 g/mol. The van der Waals surface area contributed by atoms with Crippen LogP contribution in [0, 0.1) is 5.95 Å². The summed E-state index contributed by atoms with van der Waals surface area (Å²) in [5.41, 5.74) is 1.79. The van der Waals surface area contributed by atoms with Gasteiger partial charge in [-0.05, 0) is 35.2 Å². The number of anilines is 1. The molecule has 0 fully saturated rings. The van der Waals surface area contributed by atoms with E-state index >= 15 is 0 Å². The first-order valence-electron chi connectivity index (χ1n) is 6.40. The van der Waals surface area contributed by atoms with Crippen molar-refractivity contribution in [2.24, 2.45) is 0 Å². The Balaban J connectivity index is 2.15. The maximum absolute atomic E-state index is 13.4. The molecule has 0 spiro atoms. The summed E-state index contributed by atoms with van der Waals surface area (Å²) in [7, 11) is 0. The number of hydrogen-bond donors (Lipinski definition) is 1. The van der Waals surface area contributed by atoms with Gasteiger partial charge < -0.3 is 5.32 Å². The first-order chi connectivity index (χ1) is 9.38. The molecule has 3 nitrogen and oxygen atoms in total. The van der Waals surface area contributed by atoms with Crippen molar-refractivity contribution in [3.8, 4) is 0 Å². The van der Waals surface area contributed by atoms with Gasteiger partial charge in [-0.1, -0.05) is 32.9 Å². The fourth-order valence-electron chi connectivity index (χ4n) is 1.81. The van der Waals surface area contributed by atoms with Gasteiger partial charge in [0.25, 0.3) is 5.91 Å². The van der Waals surface area contributed by atoms with Gasteiger partial charge in [-0.15, -0.1) is 0 Å². The molecule has 0 saturated heterocycles. The molecule has 0 radical (unpaired) electrons. The summed E-state index contributed by atoms with van der Waals surface area (Å²) < 4.78 is 13.4. The number of pyridine rings is 1. The Morgan fingerprint density at radius 3 is 2.35 bits per heavy atom. The zero-order valence-electron chi connectivity index (χ0n) is 11.8. The Morgan fingerprint density at radius 1 is 1.15 bits per heavy atom. The van der Waals surface area contributed by atoms with E-state index in [4.69, 9.17) is 0 Å². The van der Waals surface area contributed by atoms with Crippen LogP contribution in [0.2, 0.25) is 0 Å². The summed E-state index contributed by atoms with van der Waals surface area (Å²) in [4.78, 5) is 15.4. The van der Waals surface area contributed by atoms with E-state index in [1.165, 1.54) is 23.9 Å². The Labute approximate surface area is 117 Å². The van der Waals surface area contributed by atoms with E-state index in [1.54, 1.807) is 0 Å². The monoisotopic (exact) mass is 272 g/mol. The van der Waals surface area contributed by atoms with E-state index in [1.807, 2.05) is 24.3 Å². The van der Waals surface area contributed by atoms with Crippen molar-refractivity contribution in [1.29, 1.82) is 0 Å². The highest BCUT2D eigenvalue weighted by Gasteiger charge is 2.14. The lowest BCUT2D eigenvalue weighted by Crippen LogP contribution is -2.15. The summed E-state index contributed by atoms with van der Waals surface area (Å²) in [6.45, 7) is 6.35. The molecule has 1 heterocycles. The number of hydrogen-bond acceptors (Lipinski definition) is 2. The predicted octanol–water partition coefficient (Wildman–Crippen LogP) is 3.77. The molecule has 0 aliphatic rings. The molecule has 0 bridgehead atoms. The lowest BCUT2D eigenvalue weighted by molar-refractivity contribution is 0.102. The standard InChI is InChI=1S/C16H17FN2O/c1-16(2,3)11-6-8-12(9-7-11)19-15(20)13-5-4-10-18-14(13)17/h4-10H,1-3H3,(H,19,20). The van der Waals surface area contributed by atoms with Gasteiger partial charge in [0.15, 0.2) is 0 Å². The molecular formula is C16H17FN2O. The second kappa shape index (κ2) is 5.41. The Bertz CT molecular complexity index is 615. The third-order valence-corrected chi connectivity index (χ3v) is 3.01. The number of carbonyl (C=O) groups is 1. The van der Waals surface area contributed by atoms with E-state index in [0.29, 0.717) is 5.69 Å².